The number of aryl methyl sites for hydroxylation is 3. The van der Waals surface area contributed by atoms with Crippen molar-refractivity contribution in [1.29, 1.82) is 0 Å². The molecule has 2 aromatic heterocycles. The molecule has 6 aromatic rings. The van der Waals surface area contributed by atoms with Crippen LogP contribution in [0.2, 0.25) is 0 Å². The number of hydrogen-bond acceptors (Lipinski definition) is 3. The monoisotopic (exact) mass is 469 g/mol. The van der Waals surface area contributed by atoms with Gasteiger partial charge in [-0.25, -0.2) is 4.68 Å². The van der Waals surface area contributed by atoms with Crippen LogP contribution >= 0.6 is 0 Å². The van der Waals surface area contributed by atoms with Gasteiger partial charge in [-0.3, -0.25) is 0 Å². The first-order valence-corrected chi connectivity index (χ1v) is 12.3. The van der Waals surface area contributed by atoms with Gasteiger partial charge < -0.3 is 4.57 Å². The Morgan fingerprint density at radius 3 is 2.03 bits per heavy atom. The molecular weight excluding hydrogens is 442 g/mol. The molecule has 36 heavy (non-hydrogen) atoms. The van der Waals surface area contributed by atoms with Crippen molar-refractivity contribution in [1.82, 2.24) is 24.8 Å². The smallest absolute Gasteiger partial charge is 0.199 e. The zero-order valence-electron chi connectivity index (χ0n) is 20.2. The average molecular weight is 470 g/mol. The van der Waals surface area contributed by atoms with E-state index < -0.39 is 0 Å². The van der Waals surface area contributed by atoms with Gasteiger partial charge in [0.05, 0.1) is 0 Å². The fraction of sp³-hybridized carbons (Fsp3) is 0.129. The van der Waals surface area contributed by atoms with Gasteiger partial charge >= 0.3 is 0 Å². The molecule has 0 atom stereocenters. The first-order chi connectivity index (χ1) is 17.8. The Labute approximate surface area is 210 Å². The van der Waals surface area contributed by atoms with Crippen molar-refractivity contribution >= 4 is 10.8 Å². The van der Waals surface area contributed by atoms with Crippen LogP contribution in [0, 0.1) is 6.92 Å². The van der Waals surface area contributed by atoms with Gasteiger partial charge in [0, 0.05) is 35.1 Å². The van der Waals surface area contributed by atoms with E-state index in [0.29, 0.717) is 6.54 Å². The van der Waals surface area contributed by atoms with Crippen LogP contribution in [0.1, 0.15) is 22.4 Å². The summed E-state index contributed by atoms with van der Waals surface area (Å²) in [6, 6.07) is 38.4. The molecule has 5 heteroatoms. The predicted molar refractivity (Wildman–Crippen MR) is 144 cm³/mol. The maximum atomic E-state index is 4.55. The summed E-state index contributed by atoms with van der Waals surface area (Å²) in [4.78, 5) is 0. The lowest BCUT2D eigenvalue weighted by Crippen LogP contribution is -2.09. The van der Waals surface area contributed by atoms with Gasteiger partial charge in [-0.1, -0.05) is 103 Å². The standard InChI is InChI=1S/C31H27N5/c1-23-16-18-26(19-17-23)36-29(22-25-12-6-3-7-13-25)27-14-8-9-15-28(27)30(36)31-32-33-34-35(31)21-20-24-10-4-2-5-11-24/h2-19H,20-22H2,1H3. The van der Waals surface area contributed by atoms with Gasteiger partial charge in [0.25, 0.3) is 0 Å². The molecule has 5 nitrogen and oxygen atoms in total. The lowest BCUT2D eigenvalue weighted by atomic mass is 10.1. The molecule has 4 aromatic carbocycles. The summed E-state index contributed by atoms with van der Waals surface area (Å²) < 4.78 is 4.29. The average Bonchev–Trinajstić information content (AvgIpc) is 3.51. The molecule has 0 aliphatic heterocycles. The molecule has 6 rings (SSSR count). The highest BCUT2D eigenvalue weighted by atomic mass is 15.5. The number of rotatable bonds is 7. The van der Waals surface area contributed by atoms with Crippen molar-refractivity contribution in [2.75, 3.05) is 0 Å². The van der Waals surface area contributed by atoms with Crippen molar-refractivity contribution < 1.29 is 0 Å². The van der Waals surface area contributed by atoms with Crippen LogP contribution < -0.4 is 0 Å². The fourth-order valence-corrected chi connectivity index (χ4v) is 4.88. The Bertz CT molecular complexity index is 1600. The normalized spacial score (nSPS) is 11.2. The van der Waals surface area contributed by atoms with Crippen LogP contribution in [0.5, 0.6) is 0 Å². The second-order valence-corrected chi connectivity index (χ2v) is 9.14. The molecule has 0 spiro atoms. The summed E-state index contributed by atoms with van der Waals surface area (Å²) in [5.41, 5.74) is 7.13. The highest BCUT2D eigenvalue weighted by Crippen LogP contribution is 2.37. The molecule has 0 saturated heterocycles. The zero-order valence-corrected chi connectivity index (χ0v) is 20.2. The quantitative estimate of drug-likeness (QED) is 0.271. The van der Waals surface area contributed by atoms with Crippen LogP contribution in [-0.4, -0.2) is 24.8 Å². The molecule has 2 heterocycles. The Morgan fingerprint density at radius 1 is 0.667 bits per heavy atom. The van der Waals surface area contributed by atoms with E-state index >= 15 is 0 Å². The van der Waals surface area contributed by atoms with Gasteiger partial charge in [0.2, 0.25) is 0 Å². The third-order valence-corrected chi connectivity index (χ3v) is 6.69. The summed E-state index contributed by atoms with van der Waals surface area (Å²) in [5, 5.41) is 15.4. The van der Waals surface area contributed by atoms with E-state index in [0.717, 1.165) is 35.4 Å². The van der Waals surface area contributed by atoms with Gasteiger partial charge in [0.1, 0.15) is 5.69 Å². The summed E-state index contributed by atoms with van der Waals surface area (Å²) in [7, 11) is 0. The first-order valence-electron chi connectivity index (χ1n) is 12.3. The summed E-state index contributed by atoms with van der Waals surface area (Å²) in [5.74, 6) is 0.780. The first kappa shape index (κ1) is 22.0. The van der Waals surface area contributed by atoms with E-state index in [1.165, 1.54) is 27.8 Å². The number of nitrogens with zero attached hydrogens (tertiary/aromatic N) is 5. The molecule has 0 bridgehead atoms. The Kier molecular flexibility index (Phi) is 5.88. The van der Waals surface area contributed by atoms with Crippen LogP contribution in [0.4, 0.5) is 0 Å². The predicted octanol–water partition coefficient (Wildman–Crippen LogP) is 6.43. The number of aromatic nitrogens is 5. The molecule has 0 N–H and O–H groups in total. The van der Waals surface area contributed by atoms with Crippen LogP contribution in [0.25, 0.3) is 28.0 Å². The minimum Gasteiger partial charge on any atom is -0.309 e. The van der Waals surface area contributed by atoms with Crippen LogP contribution in [0.15, 0.2) is 109 Å². The maximum absolute atomic E-state index is 4.55. The zero-order chi connectivity index (χ0) is 24.3. The highest BCUT2D eigenvalue weighted by molar-refractivity contribution is 5.98. The van der Waals surface area contributed by atoms with E-state index in [2.05, 4.69) is 130 Å². The Balaban J connectivity index is 1.54. The minimum absolute atomic E-state index is 0.702. The number of fused-ring (bicyclic) bond motifs is 1. The molecule has 176 valence electrons. The number of benzene rings is 4. The maximum Gasteiger partial charge on any atom is 0.199 e. The van der Waals surface area contributed by atoms with E-state index in [1.807, 2.05) is 10.7 Å². The minimum atomic E-state index is 0.702. The lowest BCUT2D eigenvalue weighted by molar-refractivity contribution is 0.592. The van der Waals surface area contributed by atoms with Crippen molar-refractivity contribution in [2.24, 2.45) is 0 Å². The fourth-order valence-electron chi connectivity index (χ4n) is 4.88. The molecule has 0 aliphatic rings. The largest absolute Gasteiger partial charge is 0.309 e. The van der Waals surface area contributed by atoms with Crippen LogP contribution in [0.3, 0.4) is 0 Å². The molecule has 0 radical (unpaired) electrons. The highest BCUT2D eigenvalue weighted by Gasteiger charge is 2.23. The van der Waals surface area contributed by atoms with Crippen molar-refractivity contribution in [3.63, 3.8) is 0 Å². The van der Waals surface area contributed by atoms with Crippen molar-refractivity contribution in [3.05, 3.63) is 132 Å². The molecule has 0 amide bonds. The molecule has 0 fully saturated rings. The van der Waals surface area contributed by atoms with E-state index in [4.69, 9.17) is 0 Å². The number of tetrazole rings is 1. The van der Waals surface area contributed by atoms with Gasteiger partial charge in [-0.2, -0.15) is 0 Å². The SMILES string of the molecule is Cc1ccc(-n2c(Cc3ccccc3)c3ccccc3c2-c2nnnn2CCc2ccccc2)cc1. The second kappa shape index (κ2) is 9.62. The van der Waals surface area contributed by atoms with E-state index in [-0.39, 0.29) is 0 Å². The molecule has 0 saturated carbocycles. The summed E-state index contributed by atoms with van der Waals surface area (Å²) >= 11 is 0. The Hall–Kier alpha value is -4.51. The molecular formula is C31H27N5. The molecule has 0 aliphatic carbocycles. The third kappa shape index (κ3) is 4.20. The van der Waals surface area contributed by atoms with Gasteiger partial charge in [0.15, 0.2) is 5.82 Å². The van der Waals surface area contributed by atoms with Crippen molar-refractivity contribution in [2.45, 2.75) is 26.3 Å². The third-order valence-electron chi connectivity index (χ3n) is 6.69. The lowest BCUT2D eigenvalue weighted by Gasteiger charge is -2.15. The molecule has 0 unspecified atom stereocenters. The van der Waals surface area contributed by atoms with Crippen LogP contribution in [-0.2, 0) is 19.4 Å². The summed E-state index contributed by atoms with van der Waals surface area (Å²) in [6.45, 7) is 2.82. The van der Waals surface area contributed by atoms with E-state index in [1.54, 1.807) is 0 Å². The Morgan fingerprint density at radius 2 is 1.31 bits per heavy atom. The van der Waals surface area contributed by atoms with Gasteiger partial charge in [-0.05, 0) is 47.0 Å². The second-order valence-electron chi connectivity index (χ2n) is 9.14. The number of hydrogen-bond donors (Lipinski definition) is 0. The van der Waals surface area contributed by atoms with Crippen molar-refractivity contribution in [3.8, 4) is 17.2 Å². The van der Waals surface area contributed by atoms with E-state index in [9.17, 15) is 0 Å². The van der Waals surface area contributed by atoms with Gasteiger partial charge in [-0.15, -0.1) is 5.10 Å². The topological polar surface area (TPSA) is 48.5 Å². The summed E-state index contributed by atoms with van der Waals surface area (Å²) in [6.07, 6.45) is 1.67.